The molecule has 0 spiro atoms. The van der Waals surface area contributed by atoms with E-state index in [1.807, 2.05) is 47.9 Å². The van der Waals surface area contributed by atoms with Gasteiger partial charge in [-0.1, -0.05) is 53.5 Å². The molecule has 0 fully saturated rings. The van der Waals surface area contributed by atoms with Crippen molar-refractivity contribution in [2.24, 2.45) is 4.99 Å². The molecule has 172 valence electrons. The van der Waals surface area contributed by atoms with Gasteiger partial charge in [0.25, 0.3) is 11.8 Å². The maximum Gasteiger partial charge on any atom is 0.261 e. The number of fused-ring (bicyclic) bond motifs is 4. The van der Waals surface area contributed by atoms with E-state index in [2.05, 4.69) is 0 Å². The van der Waals surface area contributed by atoms with E-state index >= 15 is 0 Å². The highest BCUT2D eigenvalue weighted by Crippen LogP contribution is 2.33. The molecule has 0 saturated heterocycles. The molecular formula is C27H18Cl2N4O2. The number of amides is 2. The first kappa shape index (κ1) is 21.8. The second-order valence-electron chi connectivity index (χ2n) is 8.44. The third kappa shape index (κ3) is 3.40. The standard InChI is InChI=1S/C27H18Cl2N4O2/c1-15-23(14-32-26(34)17-6-2-3-7-18(17)27(32)35)33-22-11-10-16(28)12-20(22)25(30-13-24(33)31-15)19-8-4-5-9-21(19)29/h2-12H,13-14H2,1H3. The smallest absolute Gasteiger partial charge is 0.261 e. The van der Waals surface area contributed by atoms with E-state index in [0.717, 1.165) is 28.2 Å². The molecule has 35 heavy (non-hydrogen) atoms. The first-order valence-electron chi connectivity index (χ1n) is 11.1. The van der Waals surface area contributed by atoms with E-state index in [1.165, 1.54) is 4.90 Å². The largest absolute Gasteiger partial charge is 0.296 e. The van der Waals surface area contributed by atoms with Crippen LogP contribution in [0.2, 0.25) is 10.0 Å². The van der Waals surface area contributed by atoms with Gasteiger partial charge in [0.05, 0.1) is 47.0 Å². The lowest BCUT2D eigenvalue weighted by Gasteiger charge is -2.19. The van der Waals surface area contributed by atoms with Crippen LogP contribution in [0.5, 0.6) is 0 Å². The fourth-order valence-electron chi connectivity index (χ4n) is 4.75. The zero-order chi connectivity index (χ0) is 24.3. The fraction of sp³-hybridized carbons (Fsp3) is 0.111. The van der Waals surface area contributed by atoms with Crippen molar-refractivity contribution in [3.8, 4) is 5.69 Å². The summed E-state index contributed by atoms with van der Waals surface area (Å²) in [6.07, 6.45) is 0. The monoisotopic (exact) mass is 500 g/mol. The third-order valence-corrected chi connectivity index (χ3v) is 6.96. The topological polar surface area (TPSA) is 67.6 Å². The summed E-state index contributed by atoms with van der Waals surface area (Å²) in [6, 6.07) is 20.0. The Kier molecular flexibility index (Phi) is 5.09. The third-order valence-electron chi connectivity index (χ3n) is 6.39. The number of nitrogens with zero attached hydrogens (tertiary/aromatic N) is 4. The number of carbonyl (C=O) groups is 2. The molecule has 0 bridgehead atoms. The van der Waals surface area contributed by atoms with E-state index in [4.69, 9.17) is 33.2 Å². The van der Waals surface area contributed by atoms with Crippen LogP contribution in [0.25, 0.3) is 5.69 Å². The van der Waals surface area contributed by atoms with Gasteiger partial charge >= 0.3 is 0 Å². The van der Waals surface area contributed by atoms with Crippen LogP contribution in [0.1, 0.15) is 49.1 Å². The molecular weight excluding hydrogens is 483 g/mol. The summed E-state index contributed by atoms with van der Waals surface area (Å²) in [7, 11) is 0. The SMILES string of the molecule is Cc1nc2n(c1CN1C(=O)c3ccccc3C1=O)-c1ccc(Cl)cc1C(c1ccccc1Cl)=NC2. The van der Waals surface area contributed by atoms with Gasteiger partial charge in [-0.25, -0.2) is 4.98 Å². The highest BCUT2D eigenvalue weighted by molar-refractivity contribution is 6.36. The number of aryl methyl sites for hydroxylation is 1. The van der Waals surface area contributed by atoms with E-state index < -0.39 is 0 Å². The van der Waals surface area contributed by atoms with Gasteiger partial charge in [-0.15, -0.1) is 0 Å². The predicted molar refractivity (Wildman–Crippen MR) is 135 cm³/mol. The number of halogens is 2. The van der Waals surface area contributed by atoms with Crippen LogP contribution in [0, 0.1) is 6.92 Å². The van der Waals surface area contributed by atoms with Crippen LogP contribution >= 0.6 is 23.2 Å². The van der Waals surface area contributed by atoms with Crippen molar-refractivity contribution >= 4 is 40.7 Å². The number of hydrogen-bond donors (Lipinski definition) is 0. The van der Waals surface area contributed by atoms with E-state index in [0.29, 0.717) is 39.3 Å². The average Bonchev–Trinajstić information content (AvgIpc) is 3.22. The van der Waals surface area contributed by atoms with Crippen molar-refractivity contribution in [3.63, 3.8) is 0 Å². The minimum atomic E-state index is -0.307. The van der Waals surface area contributed by atoms with Gasteiger partial charge in [-0.2, -0.15) is 0 Å². The Morgan fingerprint density at radius 2 is 1.51 bits per heavy atom. The Balaban J connectivity index is 1.49. The lowest BCUT2D eigenvalue weighted by molar-refractivity contribution is 0.0639. The van der Waals surface area contributed by atoms with Gasteiger partial charge in [0, 0.05) is 21.2 Å². The van der Waals surface area contributed by atoms with Crippen molar-refractivity contribution < 1.29 is 9.59 Å². The lowest BCUT2D eigenvalue weighted by atomic mass is 10.00. The van der Waals surface area contributed by atoms with Gasteiger partial charge < -0.3 is 0 Å². The number of imidazole rings is 1. The van der Waals surface area contributed by atoms with E-state index in [9.17, 15) is 9.59 Å². The van der Waals surface area contributed by atoms with Crippen molar-refractivity contribution in [3.05, 3.63) is 116 Å². The van der Waals surface area contributed by atoms with Crippen LogP contribution in [0.15, 0.2) is 71.7 Å². The molecule has 4 aromatic rings. The molecule has 2 aliphatic heterocycles. The molecule has 0 aliphatic carbocycles. The number of aliphatic imine (C=N–C) groups is 1. The van der Waals surface area contributed by atoms with Gasteiger partial charge in [0.15, 0.2) is 0 Å². The first-order valence-corrected chi connectivity index (χ1v) is 11.8. The second-order valence-corrected chi connectivity index (χ2v) is 9.29. The summed E-state index contributed by atoms with van der Waals surface area (Å²) in [6.45, 7) is 2.27. The molecule has 8 heteroatoms. The predicted octanol–water partition coefficient (Wildman–Crippen LogP) is 5.63. The van der Waals surface area contributed by atoms with Gasteiger partial charge in [-0.05, 0) is 43.3 Å². The van der Waals surface area contributed by atoms with Gasteiger partial charge in [0.2, 0.25) is 0 Å². The van der Waals surface area contributed by atoms with Crippen molar-refractivity contribution in [1.82, 2.24) is 14.5 Å². The summed E-state index contributed by atoms with van der Waals surface area (Å²) >= 11 is 12.9. The second kappa shape index (κ2) is 8.18. The molecule has 0 N–H and O–H groups in total. The summed E-state index contributed by atoms with van der Waals surface area (Å²) in [5, 5.41) is 1.14. The van der Waals surface area contributed by atoms with Crippen LogP contribution in [-0.4, -0.2) is 32.0 Å². The van der Waals surface area contributed by atoms with Crippen LogP contribution in [-0.2, 0) is 13.1 Å². The van der Waals surface area contributed by atoms with Crippen LogP contribution < -0.4 is 0 Å². The quantitative estimate of drug-likeness (QED) is 0.342. The maximum atomic E-state index is 13.1. The summed E-state index contributed by atoms with van der Waals surface area (Å²) < 4.78 is 1.98. The Hall–Kier alpha value is -3.74. The number of aromatic nitrogens is 2. The fourth-order valence-corrected chi connectivity index (χ4v) is 5.14. The molecule has 6 rings (SSSR count). The van der Waals surface area contributed by atoms with Crippen molar-refractivity contribution in [1.29, 1.82) is 0 Å². The normalized spacial score (nSPS) is 14.4. The Morgan fingerprint density at radius 1 is 0.857 bits per heavy atom. The van der Waals surface area contributed by atoms with Crippen molar-refractivity contribution in [2.45, 2.75) is 20.0 Å². The molecule has 3 heterocycles. The molecule has 6 nitrogen and oxygen atoms in total. The van der Waals surface area contributed by atoms with Crippen molar-refractivity contribution in [2.75, 3.05) is 0 Å². The summed E-state index contributed by atoms with van der Waals surface area (Å²) in [5.74, 6) is 0.0942. The maximum absolute atomic E-state index is 13.1. The summed E-state index contributed by atoms with van der Waals surface area (Å²) in [4.78, 5) is 37.0. The number of benzene rings is 3. The van der Waals surface area contributed by atoms with Gasteiger partial charge in [-0.3, -0.25) is 24.0 Å². The molecule has 1 aromatic heterocycles. The number of carbonyl (C=O) groups excluding carboxylic acids is 2. The lowest BCUT2D eigenvalue weighted by Crippen LogP contribution is -2.30. The molecule has 2 amide bonds. The molecule has 0 saturated carbocycles. The highest BCUT2D eigenvalue weighted by Gasteiger charge is 2.37. The van der Waals surface area contributed by atoms with E-state index in [-0.39, 0.29) is 18.4 Å². The van der Waals surface area contributed by atoms with Crippen LogP contribution in [0.3, 0.4) is 0 Å². The number of hydrogen-bond acceptors (Lipinski definition) is 4. The Labute approximate surface area is 211 Å². The van der Waals surface area contributed by atoms with Crippen LogP contribution in [0.4, 0.5) is 0 Å². The number of imide groups is 1. The minimum Gasteiger partial charge on any atom is -0.296 e. The molecule has 0 atom stereocenters. The minimum absolute atomic E-state index is 0.0919. The Morgan fingerprint density at radius 3 is 2.20 bits per heavy atom. The zero-order valence-corrected chi connectivity index (χ0v) is 20.1. The average molecular weight is 501 g/mol. The summed E-state index contributed by atoms with van der Waals surface area (Å²) in [5.41, 5.74) is 5.43. The molecule has 3 aromatic carbocycles. The van der Waals surface area contributed by atoms with E-state index in [1.54, 1.807) is 30.3 Å². The molecule has 2 aliphatic rings. The molecule has 0 radical (unpaired) electrons. The Bertz CT molecular complexity index is 1550. The zero-order valence-electron chi connectivity index (χ0n) is 18.6. The number of rotatable bonds is 3. The first-order chi connectivity index (χ1) is 16.9. The molecule has 0 unspecified atom stereocenters. The highest BCUT2D eigenvalue weighted by atomic mass is 35.5. The van der Waals surface area contributed by atoms with Gasteiger partial charge in [0.1, 0.15) is 5.82 Å².